The lowest BCUT2D eigenvalue weighted by atomic mass is 9.82. The predicted octanol–water partition coefficient (Wildman–Crippen LogP) is 16.7. The number of rotatable bonds is 18. The third-order valence-electron chi connectivity index (χ3n) is 19.0. The van der Waals surface area contributed by atoms with Crippen LogP contribution in [-0.4, -0.2) is 52.3 Å². The van der Waals surface area contributed by atoms with Crippen LogP contribution in [0, 0.1) is 0 Å². The molecule has 0 fully saturated rings. The van der Waals surface area contributed by atoms with Gasteiger partial charge >= 0.3 is 16.6 Å². The largest absolute Gasteiger partial charge is 0.534 e. The molecular weight excluding hydrogens is 1250 g/mol. The summed E-state index contributed by atoms with van der Waals surface area (Å²) >= 11 is 3.52. The summed E-state index contributed by atoms with van der Waals surface area (Å²) in [5.74, 6) is 1.30. The minimum atomic E-state index is -3.16. The van der Waals surface area contributed by atoms with Crippen LogP contribution in [0.1, 0.15) is 110 Å². The van der Waals surface area contributed by atoms with E-state index in [4.69, 9.17) is 17.7 Å². The minimum absolute atomic E-state index is 0.0642. The van der Waals surface area contributed by atoms with Crippen molar-refractivity contribution in [2.24, 2.45) is 0 Å². The molecule has 0 aromatic heterocycles. The zero-order valence-corrected chi connectivity index (χ0v) is 62.0. The van der Waals surface area contributed by atoms with Gasteiger partial charge in [-0.05, 0) is 109 Å². The second-order valence-electron chi connectivity index (χ2n) is 28.9. The Hall–Kier alpha value is -7.56. The summed E-state index contributed by atoms with van der Waals surface area (Å²) in [6.07, 6.45) is 0. The lowest BCUT2D eigenvalue weighted by Crippen LogP contribution is -2.68. The van der Waals surface area contributed by atoms with Crippen LogP contribution >= 0.6 is 23.5 Å². The highest BCUT2D eigenvalue weighted by molar-refractivity contribution is 8.28. The molecule has 0 radical (unpaired) electrons. The van der Waals surface area contributed by atoms with Crippen molar-refractivity contribution in [1.82, 2.24) is 0 Å². The fourth-order valence-corrected chi connectivity index (χ4v) is 35.5. The Labute approximate surface area is 571 Å². The van der Waals surface area contributed by atoms with Gasteiger partial charge in [0.1, 0.15) is 11.5 Å². The van der Waals surface area contributed by atoms with Gasteiger partial charge in [-0.25, -0.2) is 0 Å². The SMILES string of the molecule is CC(C)(C)[Si](OCC1=C(CO[Si](c2ccccc2)(c2ccccc2)C(C)(C)C)SC(=C2c3ccc(O[Si](c4ccccc4)(c4ccccc4)C(C)(C)C)cc3C(=O)c3ccc(O[Si](c4ccccc4)(c4ccccc4)C(C)(C)C)cc32)S1)(c1ccccc1)c1ccccc1. The fourth-order valence-electron chi connectivity index (χ4n) is 14.7. The van der Waals surface area contributed by atoms with Crippen molar-refractivity contribution in [3.63, 3.8) is 0 Å². The van der Waals surface area contributed by atoms with Crippen LogP contribution in [0.4, 0.5) is 0 Å². The Morgan fingerprint density at radius 2 is 0.532 bits per heavy atom. The zero-order chi connectivity index (χ0) is 66.2. The van der Waals surface area contributed by atoms with E-state index in [0.717, 1.165) is 41.1 Å². The molecule has 5 nitrogen and oxygen atoms in total. The van der Waals surface area contributed by atoms with Gasteiger partial charge in [-0.1, -0.05) is 349 Å². The van der Waals surface area contributed by atoms with E-state index in [1.165, 1.54) is 31.1 Å². The first-order valence-corrected chi connectivity index (χ1v) is 42.1. The molecule has 0 spiro atoms. The molecule has 2 aliphatic rings. The van der Waals surface area contributed by atoms with Crippen LogP contribution in [0.5, 0.6) is 11.5 Å². The van der Waals surface area contributed by atoms with Crippen molar-refractivity contribution in [2.45, 2.75) is 103 Å². The minimum Gasteiger partial charge on any atom is -0.534 e. The summed E-state index contributed by atoms with van der Waals surface area (Å²) in [7, 11) is -12.5. The molecule has 1 aliphatic carbocycles. The third-order valence-corrected chi connectivity index (χ3v) is 41.5. The molecule has 0 saturated heterocycles. The van der Waals surface area contributed by atoms with Gasteiger partial charge < -0.3 is 17.7 Å². The quantitative estimate of drug-likeness (QED) is 0.0794. The Balaban J connectivity index is 1.08. The second kappa shape index (κ2) is 26.6. The molecule has 0 atom stereocenters. The number of ketones is 1. The van der Waals surface area contributed by atoms with Crippen molar-refractivity contribution in [2.75, 3.05) is 13.2 Å². The van der Waals surface area contributed by atoms with E-state index in [1.807, 2.05) is 18.2 Å². The first-order valence-electron chi connectivity index (χ1n) is 32.8. The molecule has 11 heteroatoms. The summed E-state index contributed by atoms with van der Waals surface area (Å²) in [5.41, 5.74) is 3.83. The molecule has 94 heavy (non-hydrogen) atoms. The molecule has 12 rings (SSSR count). The number of fused-ring (bicyclic) bond motifs is 2. The number of thioether (sulfide) groups is 2. The standard InChI is InChI=1S/C83H86O5S2Si4/c1-80(2,3)91(63-37-21-13-22-38-63,64-39-23-14-24-40-64)85-59-75-76(60-86-92(81(4,5)6,65-41-25-15-26-42-65)66-43-27-16-28-44-66)90-79(89-75)77-71-55-53-62(88-94(83(10,11)12,69-49-33-19-34-50-69)70-51-35-20-36-52-70)58-74(71)78(84)72-56-54-61(57-73(72)77)87-93(82(7,8)9,67-45-29-17-30-46-67)68-47-31-18-32-48-68/h13-58H,59-60H2,1-12H3. The van der Waals surface area contributed by atoms with Gasteiger partial charge in [0, 0.05) is 26.5 Å². The average Bonchev–Trinajstić information content (AvgIpc) is 1.05. The van der Waals surface area contributed by atoms with Crippen molar-refractivity contribution < 1.29 is 22.5 Å². The predicted molar refractivity (Wildman–Crippen MR) is 408 cm³/mol. The molecule has 1 aliphatic heterocycles. The first kappa shape index (κ1) is 66.5. The second-order valence-corrected chi connectivity index (χ2v) is 48.4. The molecule has 0 saturated carbocycles. The molecule has 0 amide bonds. The fraction of sp³-hybridized carbons (Fsp3) is 0.217. The lowest BCUT2D eigenvalue weighted by Gasteiger charge is -2.43. The smallest absolute Gasteiger partial charge is 0.319 e. The number of hydrogen-bond donors (Lipinski definition) is 0. The van der Waals surface area contributed by atoms with E-state index in [-0.39, 0.29) is 25.9 Å². The molecule has 10 aromatic rings. The normalized spacial score (nSPS) is 14.2. The maximum atomic E-state index is 16.0. The Kier molecular flexibility index (Phi) is 18.8. The average molecular weight is 1340 g/mol. The highest BCUT2D eigenvalue weighted by atomic mass is 32.2. The van der Waals surface area contributed by atoms with Gasteiger partial charge in [-0.15, -0.1) is 0 Å². The van der Waals surface area contributed by atoms with E-state index in [1.54, 1.807) is 23.5 Å². The number of carbonyl (C=O) groups is 1. The molecule has 1 heterocycles. The molecule has 10 aromatic carbocycles. The molecule has 0 bridgehead atoms. The van der Waals surface area contributed by atoms with Crippen LogP contribution in [0.25, 0.3) is 5.57 Å². The topological polar surface area (TPSA) is 54.0 Å². The van der Waals surface area contributed by atoms with Crippen LogP contribution < -0.4 is 50.3 Å². The zero-order valence-electron chi connectivity index (χ0n) is 56.3. The lowest BCUT2D eigenvalue weighted by molar-refractivity contribution is 0.103. The van der Waals surface area contributed by atoms with Gasteiger partial charge in [0.15, 0.2) is 5.78 Å². The molecule has 0 N–H and O–H groups in total. The van der Waals surface area contributed by atoms with Gasteiger partial charge in [0.25, 0.3) is 16.6 Å². The Morgan fingerprint density at radius 1 is 0.287 bits per heavy atom. The monoisotopic (exact) mass is 1340 g/mol. The Bertz CT molecular complexity index is 4080. The van der Waals surface area contributed by atoms with Crippen molar-refractivity contribution in [3.05, 3.63) is 315 Å². The molecule has 0 unspecified atom stereocenters. The summed E-state index contributed by atoms with van der Waals surface area (Å²) in [6, 6.07) is 99.2. The number of benzene rings is 10. The van der Waals surface area contributed by atoms with E-state index in [0.29, 0.717) is 35.8 Å². The van der Waals surface area contributed by atoms with Gasteiger partial charge in [0.2, 0.25) is 0 Å². The van der Waals surface area contributed by atoms with Crippen LogP contribution in [0.2, 0.25) is 20.2 Å². The van der Waals surface area contributed by atoms with Crippen LogP contribution in [-0.2, 0) is 8.85 Å². The van der Waals surface area contributed by atoms with E-state index in [2.05, 4.69) is 344 Å². The highest BCUT2D eigenvalue weighted by Gasteiger charge is 2.56. The first-order chi connectivity index (χ1) is 45.0. The molecular formula is C83H86O5S2Si4. The van der Waals surface area contributed by atoms with Crippen LogP contribution in [0.15, 0.2) is 293 Å². The highest BCUT2D eigenvalue weighted by Crippen LogP contribution is 2.57. The summed E-state index contributed by atoms with van der Waals surface area (Å²) in [5, 5.41) is 8.31. The summed E-state index contributed by atoms with van der Waals surface area (Å²) in [6.45, 7) is 28.5. The molecule has 476 valence electrons. The van der Waals surface area contributed by atoms with Gasteiger partial charge in [-0.3, -0.25) is 4.79 Å². The van der Waals surface area contributed by atoms with Crippen molar-refractivity contribution >= 4 is 110 Å². The van der Waals surface area contributed by atoms with Gasteiger partial charge in [0.05, 0.1) is 17.5 Å². The van der Waals surface area contributed by atoms with E-state index >= 15 is 4.79 Å². The van der Waals surface area contributed by atoms with E-state index in [9.17, 15) is 0 Å². The van der Waals surface area contributed by atoms with Crippen molar-refractivity contribution in [1.29, 1.82) is 0 Å². The van der Waals surface area contributed by atoms with Gasteiger partial charge in [-0.2, -0.15) is 0 Å². The maximum absolute atomic E-state index is 16.0. The summed E-state index contributed by atoms with van der Waals surface area (Å²) in [4.78, 5) is 18.2. The Morgan fingerprint density at radius 3 is 0.798 bits per heavy atom. The number of carbonyl (C=O) groups excluding carboxylic acids is 1. The van der Waals surface area contributed by atoms with Crippen molar-refractivity contribution in [3.8, 4) is 11.5 Å². The third kappa shape index (κ3) is 12.1. The van der Waals surface area contributed by atoms with E-state index < -0.39 is 33.3 Å². The van der Waals surface area contributed by atoms with Crippen LogP contribution in [0.3, 0.4) is 0 Å². The maximum Gasteiger partial charge on any atom is 0.319 e. The number of hydrogen-bond acceptors (Lipinski definition) is 7. The summed E-state index contributed by atoms with van der Waals surface area (Å²) < 4.78 is 32.7.